The molecule has 0 fully saturated rings. The Morgan fingerprint density at radius 1 is 1.00 bits per heavy atom. The number of carbonyl (C=O) groups is 2. The van der Waals surface area contributed by atoms with Crippen molar-refractivity contribution in [3.8, 4) is 5.75 Å². The molecule has 3 aromatic rings. The zero-order valence-electron chi connectivity index (χ0n) is 21.5. The van der Waals surface area contributed by atoms with E-state index in [-0.39, 0.29) is 31.0 Å². The second-order valence-corrected chi connectivity index (χ2v) is 10.3. The van der Waals surface area contributed by atoms with Gasteiger partial charge in [-0.2, -0.15) is 0 Å². The molecule has 1 N–H and O–H groups in total. The van der Waals surface area contributed by atoms with Crippen LogP contribution in [0.4, 0.5) is 0 Å². The molecule has 7 heteroatoms. The highest BCUT2D eigenvalue weighted by molar-refractivity contribution is 9.10. The van der Waals surface area contributed by atoms with Crippen molar-refractivity contribution in [2.45, 2.75) is 58.7 Å². The quantitative estimate of drug-likeness (QED) is 0.261. The molecule has 0 aromatic heterocycles. The molecule has 2 amide bonds. The maximum Gasteiger partial charge on any atom is 0.261 e. The minimum absolute atomic E-state index is 0.0210. The van der Waals surface area contributed by atoms with E-state index in [2.05, 4.69) is 28.2 Å². The number of nitrogens with one attached hydrogen (secondary N) is 1. The lowest BCUT2D eigenvalue weighted by molar-refractivity contribution is -0.143. The van der Waals surface area contributed by atoms with Crippen molar-refractivity contribution in [3.05, 3.63) is 99.0 Å². The first kappa shape index (κ1) is 28.7. The Labute approximate surface area is 233 Å². The Morgan fingerprint density at radius 2 is 1.70 bits per heavy atom. The predicted octanol–water partition coefficient (Wildman–Crippen LogP) is 6.60. The lowest BCUT2D eigenvalue weighted by Gasteiger charge is -2.32. The SMILES string of the molecule is CCc1ccc(OCC(=O)N(Cc2ccccc2Cl)[C@H](Cc2ccccc2)C(=O)N[C@H](C)CC)c(Br)c1. The molecule has 0 saturated heterocycles. The number of halogens is 2. The first-order valence-corrected chi connectivity index (χ1v) is 13.8. The summed E-state index contributed by atoms with van der Waals surface area (Å²) in [6.45, 7) is 6.02. The number of hydrogen-bond acceptors (Lipinski definition) is 3. The van der Waals surface area contributed by atoms with Crippen molar-refractivity contribution in [2.24, 2.45) is 0 Å². The number of rotatable bonds is 12. The fraction of sp³-hybridized carbons (Fsp3) is 0.333. The Morgan fingerprint density at radius 3 is 2.35 bits per heavy atom. The molecule has 0 saturated carbocycles. The molecule has 0 spiro atoms. The summed E-state index contributed by atoms with van der Waals surface area (Å²) >= 11 is 10.0. The van der Waals surface area contributed by atoms with Gasteiger partial charge in [0.2, 0.25) is 5.91 Å². The summed E-state index contributed by atoms with van der Waals surface area (Å²) in [5.41, 5.74) is 2.89. The highest BCUT2D eigenvalue weighted by Gasteiger charge is 2.31. The molecule has 0 unspecified atom stereocenters. The molecule has 3 aromatic carbocycles. The van der Waals surface area contributed by atoms with Crippen molar-refractivity contribution < 1.29 is 14.3 Å². The van der Waals surface area contributed by atoms with Crippen molar-refractivity contribution in [1.82, 2.24) is 10.2 Å². The second kappa shape index (κ2) is 14.2. The average Bonchev–Trinajstić information content (AvgIpc) is 2.91. The summed E-state index contributed by atoms with van der Waals surface area (Å²) in [6, 6.07) is 22.1. The fourth-order valence-corrected chi connectivity index (χ4v) is 4.65. The van der Waals surface area contributed by atoms with Crippen molar-refractivity contribution >= 4 is 39.3 Å². The van der Waals surface area contributed by atoms with Gasteiger partial charge in [0.05, 0.1) is 4.47 Å². The van der Waals surface area contributed by atoms with Crippen LogP contribution in [0.25, 0.3) is 0 Å². The zero-order chi connectivity index (χ0) is 26.8. The smallest absolute Gasteiger partial charge is 0.261 e. The van der Waals surface area contributed by atoms with E-state index >= 15 is 0 Å². The van der Waals surface area contributed by atoms with E-state index in [9.17, 15) is 9.59 Å². The van der Waals surface area contributed by atoms with E-state index in [1.54, 1.807) is 11.0 Å². The van der Waals surface area contributed by atoms with Crippen molar-refractivity contribution in [1.29, 1.82) is 0 Å². The highest BCUT2D eigenvalue weighted by atomic mass is 79.9. The summed E-state index contributed by atoms with van der Waals surface area (Å²) in [4.78, 5) is 28.9. The summed E-state index contributed by atoms with van der Waals surface area (Å²) in [5.74, 6) is 0.0746. The van der Waals surface area contributed by atoms with Gasteiger partial charge in [0.1, 0.15) is 11.8 Å². The van der Waals surface area contributed by atoms with Crippen LogP contribution in [-0.4, -0.2) is 35.4 Å². The van der Waals surface area contributed by atoms with Gasteiger partial charge in [0.15, 0.2) is 6.61 Å². The number of aryl methyl sites for hydroxylation is 1. The average molecular weight is 586 g/mol. The third-order valence-electron chi connectivity index (χ3n) is 6.33. The minimum Gasteiger partial charge on any atom is -0.483 e. The Kier molecular flexibility index (Phi) is 11.0. The van der Waals surface area contributed by atoms with E-state index in [1.165, 1.54) is 0 Å². The van der Waals surface area contributed by atoms with Gasteiger partial charge in [-0.1, -0.05) is 80.0 Å². The third kappa shape index (κ3) is 8.34. The number of amides is 2. The highest BCUT2D eigenvalue weighted by Crippen LogP contribution is 2.27. The van der Waals surface area contributed by atoms with Crippen LogP contribution in [0.1, 0.15) is 43.9 Å². The van der Waals surface area contributed by atoms with Gasteiger partial charge in [-0.25, -0.2) is 0 Å². The molecular formula is C30H34BrClN2O3. The van der Waals surface area contributed by atoms with Gasteiger partial charge in [-0.05, 0) is 70.6 Å². The van der Waals surface area contributed by atoms with E-state index in [1.807, 2.05) is 80.6 Å². The van der Waals surface area contributed by atoms with Crippen LogP contribution in [0.2, 0.25) is 5.02 Å². The molecule has 2 atom stereocenters. The summed E-state index contributed by atoms with van der Waals surface area (Å²) in [6.07, 6.45) is 2.05. The largest absolute Gasteiger partial charge is 0.483 e. The monoisotopic (exact) mass is 584 g/mol. The lowest BCUT2D eigenvalue weighted by Crippen LogP contribution is -2.53. The first-order valence-electron chi connectivity index (χ1n) is 12.6. The number of ether oxygens (including phenoxy) is 1. The molecule has 5 nitrogen and oxygen atoms in total. The molecule has 37 heavy (non-hydrogen) atoms. The fourth-order valence-electron chi connectivity index (χ4n) is 3.91. The Balaban J connectivity index is 1.93. The normalized spacial score (nSPS) is 12.5. The molecule has 196 valence electrons. The van der Waals surface area contributed by atoms with Crippen LogP contribution < -0.4 is 10.1 Å². The van der Waals surface area contributed by atoms with Gasteiger partial charge in [0, 0.05) is 24.0 Å². The van der Waals surface area contributed by atoms with E-state index < -0.39 is 6.04 Å². The second-order valence-electron chi connectivity index (χ2n) is 9.04. The van der Waals surface area contributed by atoms with Gasteiger partial charge in [-0.15, -0.1) is 0 Å². The topological polar surface area (TPSA) is 58.6 Å². The van der Waals surface area contributed by atoms with Gasteiger partial charge >= 0.3 is 0 Å². The van der Waals surface area contributed by atoms with Crippen LogP contribution in [0.15, 0.2) is 77.3 Å². The van der Waals surface area contributed by atoms with Crippen LogP contribution in [0.5, 0.6) is 5.75 Å². The zero-order valence-corrected chi connectivity index (χ0v) is 23.9. The number of nitrogens with zero attached hydrogens (tertiary/aromatic N) is 1. The summed E-state index contributed by atoms with van der Waals surface area (Å²) < 4.78 is 6.71. The van der Waals surface area contributed by atoms with Crippen molar-refractivity contribution in [3.63, 3.8) is 0 Å². The van der Waals surface area contributed by atoms with Crippen molar-refractivity contribution in [2.75, 3.05) is 6.61 Å². The standard InChI is InChI=1S/C30H34BrClN2O3/c1-4-21(3)33-30(36)27(18-23-11-7-6-8-12-23)34(19-24-13-9-10-14-26(24)32)29(35)20-37-28-16-15-22(5-2)17-25(28)31/h6-17,21,27H,4-5,18-20H2,1-3H3,(H,33,36)/t21-,27-/m1/s1. The molecule has 0 heterocycles. The molecule has 0 aliphatic rings. The molecular weight excluding hydrogens is 552 g/mol. The summed E-state index contributed by atoms with van der Waals surface area (Å²) in [5, 5.41) is 3.61. The van der Waals surface area contributed by atoms with Gasteiger partial charge in [-0.3, -0.25) is 9.59 Å². The number of carbonyl (C=O) groups excluding carboxylic acids is 2. The van der Waals surface area contributed by atoms with E-state index in [0.717, 1.165) is 34.0 Å². The van der Waals surface area contributed by atoms with Crippen LogP contribution >= 0.6 is 27.5 Å². The van der Waals surface area contributed by atoms with E-state index in [4.69, 9.17) is 16.3 Å². The molecule has 0 radical (unpaired) electrons. The lowest BCUT2D eigenvalue weighted by atomic mass is 10.0. The third-order valence-corrected chi connectivity index (χ3v) is 7.31. The maximum absolute atomic E-state index is 13.7. The summed E-state index contributed by atoms with van der Waals surface area (Å²) in [7, 11) is 0. The van der Waals surface area contributed by atoms with Gasteiger partial charge < -0.3 is 15.0 Å². The van der Waals surface area contributed by atoms with E-state index in [0.29, 0.717) is 17.2 Å². The van der Waals surface area contributed by atoms with Crippen LogP contribution in [0, 0.1) is 0 Å². The van der Waals surface area contributed by atoms with Crippen LogP contribution in [-0.2, 0) is 29.0 Å². The number of benzene rings is 3. The molecule has 3 rings (SSSR count). The minimum atomic E-state index is -0.741. The molecule has 0 aliphatic carbocycles. The Hall–Kier alpha value is -2.83. The molecule has 0 aliphatic heterocycles. The molecule has 0 bridgehead atoms. The maximum atomic E-state index is 13.7. The number of hydrogen-bond donors (Lipinski definition) is 1. The Bertz CT molecular complexity index is 1190. The van der Waals surface area contributed by atoms with Gasteiger partial charge in [0.25, 0.3) is 5.91 Å². The first-order chi connectivity index (χ1) is 17.8. The predicted molar refractivity (Wildman–Crippen MR) is 153 cm³/mol. The van der Waals surface area contributed by atoms with Crippen LogP contribution in [0.3, 0.4) is 0 Å².